The zero-order valence-electron chi connectivity index (χ0n) is 9.53. The van der Waals surface area contributed by atoms with Crippen LogP contribution in [0, 0.1) is 18.3 Å². The van der Waals surface area contributed by atoms with Crippen molar-refractivity contribution in [2.45, 2.75) is 6.92 Å². The van der Waals surface area contributed by atoms with E-state index in [4.69, 9.17) is 5.26 Å². The molecule has 0 saturated heterocycles. The third-order valence-corrected chi connectivity index (χ3v) is 2.73. The minimum absolute atomic E-state index is 0.247. The molecule has 18 heavy (non-hydrogen) atoms. The fourth-order valence-electron chi connectivity index (χ4n) is 1.97. The topological polar surface area (TPSA) is 101 Å². The quantitative estimate of drug-likeness (QED) is 0.598. The van der Waals surface area contributed by atoms with E-state index in [0.29, 0.717) is 22.7 Å². The van der Waals surface area contributed by atoms with Crippen molar-refractivity contribution in [3.8, 4) is 17.3 Å². The van der Waals surface area contributed by atoms with E-state index in [1.807, 2.05) is 12.1 Å². The standard InChI is InChI=1S/C12H9N5O/c1-6-14-10(5-13)11(15-6)7-2-3-8-9(4-7)17-12(18)16-8/h2-4H,1H3,(H,14,15)(H2,16,17,18). The number of aryl methyl sites for hydroxylation is 1. The molecule has 0 saturated carbocycles. The first-order chi connectivity index (χ1) is 8.67. The van der Waals surface area contributed by atoms with Crippen LogP contribution in [0.3, 0.4) is 0 Å². The first kappa shape index (κ1) is 10.4. The molecule has 6 nitrogen and oxygen atoms in total. The molecule has 3 N–H and O–H groups in total. The number of aromatic amines is 3. The molecule has 0 bridgehead atoms. The third kappa shape index (κ3) is 1.50. The van der Waals surface area contributed by atoms with Crippen molar-refractivity contribution in [3.05, 3.63) is 40.2 Å². The van der Waals surface area contributed by atoms with Crippen molar-refractivity contribution >= 4 is 11.0 Å². The van der Waals surface area contributed by atoms with Gasteiger partial charge in [0.2, 0.25) is 0 Å². The van der Waals surface area contributed by atoms with Crippen molar-refractivity contribution in [2.75, 3.05) is 0 Å². The van der Waals surface area contributed by atoms with Crippen LogP contribution in [0.5, 0.6) is 0 Å². The molecule has 3 rings (SSSR count). The minimum Gasteiger partial charge on any atom is -0.341 e. The van der Waals surface area contributed by atoms with Crippen molar-refractivity contribution in [1.29, 1.82) is 5.26 Å². The molecule has 88 valence electrons. The van der Waals surface area contributed by atoms with Gasteiger partial charge in [-0.15, -0.1) is 0 Å². The summed E-state index contributed by atoms with van der Waals surface area (Å²) in [5, 5.41) is 9.01. The van der Waals surface area contributed by atoms with Crippen molar-refractivity contribution in [1.82, 2.24) is 19.9 Å². The molecule has 0 amide bonds. The van der Waals surface area contributed by atoms with E-state index >= 15 is 0 Å². The van der Waals surface area contributed by atoms with Crippen molar-refractivity contribution in [2.24, 2.45) is 0 Å². The number of aromatic nitrogens is 4. The van der Waals surface area contributed by atoms with Gasteiger partial charge in [0.15, 0.2) is 5.69 Å². The molecule has 0 aliphatic carbocycles. The van der Waals surface area contributed by atoms with Gasteiger partial charge >= 0.3 is 5.69 Å². The lowest BCUT2D eigenvalue weighted by Gasteiger charge is -1.98. The molecule has 0 aliphatic heterocycles. The van der Waals surface area contributed by atoms with Gasteiger partial charge in [0, 0.05) is 5.56 Å². The Morgan fingerprint density at radius 1 is 1.22 bits per heavy atom. The van der Waals surface area contributed by atoms with E-state index in [2.05, 4.69) is 19.9 Å². The maximum atomic E-state index is 11.2. The van der Waals surface area contributed by atoms with E-state index < -0.39 is 0 Å². The number of nitrogens with zero attached hydrogens (tertiary/aromatic N) is 2. The highest BCUT2D eigenvalue weighted by molar-refractivity contribution is 5.81. The molecule has 0 spiro atoms. The lowest BCUT2D eigenvalue weighted by Crippen LogP contribution is -1.99. The molecular formula is C12H9N5O. The SMILES string of the molecule is Cc1nc(C#N)c(-c2ccc3[nH]c(=O)[nH]c3c2)[nH]1. The molecule has 0 atom stereocenters. The maximum Gasteiger partial charge on any atom is 0.323 e. The Kier molecular flexibility index (Phi) is 2.07. The summed E-state index contributed by atoms with van der Waals surface area (Å²) >= 11 is 0. The van der Waals surface area contributed by atoms with E-state index in [9.17, 15) is 4.79 Å². The Morgan fingerprint density at radius 3 is 2.78 bits per heavy atom. The smallest absolute Gasteiger partial charge is 0.323 e. The number of benzene rings is 1. The van der Waals surface area contributed by atoms with E-state index in [1.165, 1.54) is 0 Å². The number of imidazole rings is 2. The average Bonchev–Trinajstić information content (AvgIpc) is 2.89. The number of H-pyrrole nitrogens is 3. The highest BCUT2D eigenvalue weighted by Gasteiger charge is 2.10. The van der Waals surface area contributed by atoms with Crippen LogP contribution >= 0.6 is 0 Å². The summed E-state index contributed by atoms with van der Waals surface area (Å²) in [6, 6.07) is 7.48. The molecule has 0 aliphatic rings. The van der Waals surface area contributed by atoms with Crippen LogP contribution in [0.4, 0.5) is 0 Å². The summed E-state index contributed by atoms with van der Waals surface area (Å²) in [6.45, 7) is 1.79. The molecule has 0 fully saturated rings. The van der Waals surface area contributed by atoms with Crippen LogP contribution in [0.25, 0.3) is 22.3 Å². The summed E-state index contributed by atoms with van der Waals surface area (Å²) in [5.41, 5.74) is 3.02. The summed E-state index contributed by atoms with van der Waals surface area (Å²) < 4.78 is 0. The van der Waals surface area contributed by atoms with Gasteiger partial charge in [0.05, 0.1) is 16.7 Å². The van der Waals surface area contributed by atoms with Gasteiger partial charge in [-0.3, -0.25) is 0 Å². The summed E-state index contributed by atoms with van der Waals surface area (Å²) in [7, 11) is 0. The van der Waals surface area contributed by atoms with Crippen LogP contribution in [0.15, 0.2) is 23.0 Å². The molecule has 2 aromatic heterocycles. The first-order valence-corrected chi connectivity index (χ1v) is 5.36. The largest absolute Gasteiger partial charge is 0.341 e. The Bertz CT molecular complexity index is 830. The van der Waals surface area contributed by atoms with Gasteiger partial charge in [0.1, 0.15) is 11.9 Å². The number of fused-ring (bicyclic) bond motifs is 1. The Morgan fingerprint density at radius 2 is 2.00 bits per heavy atom. The second-order valence-electron chi connectivity index (χ2n) is 4.00. The number of hydrogen-bond acceptors (Lipinski definition) is 3. The van der Waals surface area contributed by atoms with Crippen LogP contribution in [0.2, 0.25) is 0 Å². The molecular weight excluding hydrogens is 230 g/mol. The van der Waals surface area contributed by atoms with Crippen molar-refractivity contribution < 1.29 is 0 Å². The first-order valence-electron chi connectivity index (χ1n) is 5.36. The highest BCUT2D eigenvalue weighted by atomic mass is 16.1. The summed E-state index contributed by atoms with van der Waals surface area (Å²) in [4.78, 5) is 23.7. The van der Waals surface area contributed by atoms with Gasteiger partial charge in [-0.05, 0) is 19.1 Å². The van der Waals surface area contributed by atoms with E-state index in [-0.39, 0.29) is 5.69 Å². The predicted molar refractivity (Wildman–Crippen MR) is 66.0 cm³/mol. The zero-order chi connectivity index (χ0) is 12.7. The Hall–Kier alpha value is -2.81. The van der Waals surface area contributed by atoms with E-state index in [1.54, 1.807) is 19.1 Å². The fourth-order valence-corrected chi connectivity index (χ4v) is 1.97. The lowest BCUT2D eigenvalue weighted by atomic mass is 10.1. The molecule has 3 aromatic rings. The highest BCUT2D eigenvalue weighted by Crippen LogP contribution is 2.23. The van der Waals surface area contributed by atoms with Gasteiger partial charge in [-0.2, -0.15) is 5.26 Å². The van der Waals surface area contributed by atoms with Gasteiger partial charge in [-0.1, -0.05) is 6.07 Å². The Balaban J connectivity index is 2.25. The number of nitrogens with one attached hydrogen (secondary N) is 3. The zero-order valence-corrected chi connectivity index (χ0v) is 9.53. The normalized spacial score (nSPS) is 10.7. The molecule has 0 unspecified atom stereocenters. The second kappa shape index (κ2) is 3.60. The third-order valence-electron chi connectivity index (χ3n) is 2.73. The van der Waals surface area contributed by atoms with Gasteiger partial charge in [-0.25, -0.2) is 9.78 Å². The Labute approximate surface area is 101 Å². The van der Waals surface area contributed by atoms with Crippen LogP contribution in [-0.4, -0.2) is 19.9 Å². The van der Waals surface area contributed by atoms with Crippen LogP contribution in [0.1, 0.15) is 11.5 Å². The second-order valence-corrected chi connectivity index (χ2v) is 4.00. The minimum atomic E-state index is -0.247. The molecule has 6 heteroatoms. The van der Waals surface area contributed by atoms with Gasteiger partial charge < -0.3 is 15.0 Å². The average molecular weight is 239 g/mol. The predicted octanol–water partition coefficient (Wildman–Crippen LogP) is 1.43. The van der Waals surface area contributed by atoms with Crippen LogP contribution in [-0.2, 0) is 0 Å². The number of nitriles is 1. The molecule has 1 aromatic carbocycles. The lowest BCUT2D eigenvalue weighted by molar-refractivity contribution is 1.14. The summed E-state index contributed by atoms with van der Waals surface area (Å²) in [5.74, 6) is 0.684. The van der Waals surface area contributed by atoms with E-state index in [0.717, 1.165) is 11.1 Å². The number of hydrogen-bond donors (Lipinski definition) is 3. The summed E-state index contributed by atoms with van der Waals surface area (Å²) in [6.07, 6.45) is 0. The molecule has 0 radical (unpaired) electrons. The van der Waals surface area contributed by atoms with Crippen LogP contribution < -0.4 is 5.69 Å². The molecule has 2 heterocycles. The maximum absolute atomic E-state index is 11.2. The van der Waals surface area contributed by atoms with Crippen molar-refractivity contribution in [3.63, 3.8) is 0 Å². The monoisotopic (exact) mass is 239 g/mol. The number of rotatable bonds is 1. The fraction of sp³-hybridized carbons (Fsp3) is 0.0833. The van der Waals surface area contributed by atoms with Gasteiger partial charge in [0.25, 0.3) is 0 Å².